The largest absolute Gasteiger partial charge is 0.398 e. The van der Waals surface area contributed by atoms with Crippen LogP contribution >= 0.6 is 11.6 Å². The Balaban J connectivity index is 2.52. The van der Waals surface area contributed by atoms with Gasteiger partial charge in [-0.2, -0.15) is 0 Å². The van der Waals surface area contributed by atoms with E-state index < -0.39 is 0 Å². The number of aryl methyl sites for hydroxylation is 3. The van der Waals surface area contributed by atoms with Crippen molar-refractivity contribution in [3.8, 4) is 0 Å². The van der Waals surface area contributed by atoms with Crippen LogP contribution in [0.5, 0.6) is 0 Å². The molecule has 0 spiro atoms. The van der Waals surface area contributed by atoms with E-state index in [2.05, 4.69) is 45.9 Å². The molecule has 2 nitrogen and oxygen atoms in total. The maximum Gasteiger partial charge on any atom is 0.0493 e. The SMILES string of the molecule is CCc1cc(Cc2cc(CC)c(N)c(CC)c2Cl)cc(CC)c1N. The van der Waals surface area contributed by atoms with Crippen molar-refractivity contribution in [2.75, 3.05) is 11.5 Å². The number of benzene rings is 2. The maximum atomic E-state index is 6.67. The first kappa shape index (κ1) is 18.7. The highest BCUT2D eigenvalue weighted by Crippen LogP contribution is 2.33. The van der Waals surface area contributed by atoms with E-state index in [1.807, 2.05) is 0 Å². The Kier molecular flexibility index (Phi) is 6.17. The van der Waals surface area contributed by atoms with Crippen LogP contribution in [0.2, 0.25) is 5.02 Å². The van der Waals surface area contributed by atoms with E-state index >= 15 is 0 Å². The Morgan fingerprint density at radius 2 is 1.21 bits per heavy atom. The molecule has 4 N–H and O–H groups in total. The molecular formula is C21H29ClN2. The number of rotatable bonds is 6. The van der Waals surface area contributed by atoms with Crippen LogP contribution < -0.4 is 11.5 Å². The molecule has 0 bridgehead atoms. The van der Waals surface area contributed by atoms with Crippen LogP contribution in [0.4, 0.5) is 11.4 Å². The van der Waals surface area contributed by atoms with Crippen LogP contribution in [0, 0.1) is 0 Å². The van der Waals surface area contributed by atoms with Gasteiger partial charge in [0.25, 0.3) is 0 Å². The van der Waals surface area contributed by atoms with Crippen LogP contribution in [0.15, 0.2) is 18.2 Å². The second kappa shape index (κ2) is 7.94. The third-order valence-corrected chi connectivity index (χ3v) is 5.34. The van der Waals surface area contributed by atoms with Gasteiger partial charge in [0.05, 0.1) is 0 Å². The van der Waals surface area contributed by atoms with Gasteiger partial charge < -0.3 is 11.5 Å². The lowest BCUT2D eigenvalue weighted by molar-refractivity contribution is 1.04. The van der Waals surface area contributed by atoms with Gasteiger partial charge in [0, 0.05) is 16.4 Å². The molecule has 0 radical (unpaired) electrons. The first-order valence-corrected chi connectivity index (χ1v) is 9.33. The Morgan fingerprint density at radius 3 is 1.67 bits per heavy atom. The van der Waals surface area contributed by atoms with Crippen LogP contribution in [-0.4, -0.2) is 0 Å². The summed E-state index contributed by atoms with van der Waals surface area (Å²) in [5.74, 6) is 0. The van der Waals surface area contributed by atoms with Crippen molar-refractivity contribution in [1.82, 2.24) is 0 Å². The van der Waals surface area contributed by atoms with E-state index in [0.29, 0.717) is 0 Å². The molecule has 0 saturated carbocycles. The van der Waals surface area contributed by atoms with Gasteiger partial charge in [0.1, 0.15) is 0 Å². The molecule has 0 aromatic heterocycles. The molecular weight excluding hydrogens is 316 g/mol. The topological polar surface area (TPSA) is 52.0 Å². The zero-order valence-electron chi connectivity index (χ0n) is 15.3. The maximum absolute atomic E-state index is 6.67. The summed E-state index contributed by atoms with van der Waals surface area (Å²) in [7, 11) is 0. The lowest BCUT2D eigenvalue weighted by Crippen LogP contribution is -2.05. The predicted octanol–water partition coefficient (Wildman–Crippen LogP) is 5.34. The van der Waals surface area contributed by atoms with Gasteiger partial charge in [0.2, 0.25) is 0 Å². The molecule has 24 heavy (non-hydrogen) atoms. The summed E-state index contributed by atoms with van der Waals surface area (Å²) < 4.78 is 0. The van der Waals surface area contributed by atoms with Crippen LogP contribution in [-0.2, 0) is 32.1 Å². The van der Waals surface area contributed by atoms with Crippen LogP contribution in [0.3, 0.4) is 0 Å². The van der Waals surface area contributed by atoms with Gasteiger partial charge in [-0.1, -0.05) is 57.5 Å². The lowest BCUT2D eigenvalue weighted by atomic mass is 9.92. The molecule has 0 fully saturated rings. The molecule has 2 rings (SSSR count). The average Bonchev–Trinajstić information content (AvgIpc) is 2.59. The fraction of sp³-hybridized carbons (Fsp3) is 0.429. The predicted molar refractivity (Wildman–Crippen MR) is 107 cm³/mol. The van der Waals surface area contributed by atoms with Crippen LogP contribution in [0.1, 0.15) is 61.1 Å². The molecule has 0 amide bonds. The molecule has 2 aromatic rings. The van der Waals surface area contributed by atoms with Gasteiger partial charge in [0.15, 0.2) is 0 Å². The summed E-state index contributed by atoms with van der Waals surface area (Å²) in [5.41, 5.74) is 21.5. The third kappa shape index (κ3) is 3.54. The second-order valence-electron chi connectivity index (χ2n) is 6.32. The Morgan fingerprint density at radius 1 is 0.708 bits per heavy atom. The highest BCUT2D eigenvalue weighted by molar-refractivity contribution is 6.32. The average molecular weight is 345 g/mol. The summed E-state index contributed by atoms with van der Waals surface area (Å²) in [6, 6.07) is 6.61. The Hall–Kier alpha value is -1.67. The third-order valence-electron chi connectivity index (χ3n) is 4.87. The van der Waals surface area contributed by atoms with E-state index in [9.17, 15) is 0 Å². The van der Waals surface area contributed by atoms with Gasteiger partial charge in [-0.3, -0.25) is 0 Å². The van der Waals surface area contributed by atoms with Crippen molar-refractivity contribution in [2.45, 2.75) is 59.8 Å². The fourth-order valence-corrected chi connectivity index (χ4v) is 3.74. The molecule has 0 saturated heterocycles. The molecule has 0 atom stereocenters. The molecule has 0 aliphatic rings. The zero-order chi connectivity index (χ0) is 17.9. The van der Waals surface area contributed by atoms with Gasteiger partial charge in [-0.15, -0.1) is 0 Å². The van der Waals surface area contributed by atoms with Crippen molar-refractivity contribution in [3.05, 3.63) is 56.6 Å². The monoisotopic (exact) mass is 344 g/mol. The number of nitrogen functional groups attached to an aromatic ring is 2. The normalized spacial score (nSPS) is 11.0. The summed E-state index contributed by atoms with van der Waals surface area (Å²) in [5, 5.41) is 0.820. The van der Waals surface area contributed by atoms with Gasteiger partial charge in [-0.05, 0) is 65.5 Å². The number of hydrogen-bond acceptors (Lipinski definition) is 2. The minimum atomic E-state index is 0.819. The summed E-state index contributed by atoms with van der Waals surface area (Å²) >= 11 is 6.67. The Labute approximate surface area is 151 Å². The second-order valence-corrected chi connectivity index (χ2v) is 6.70. The summed E-state index contributed by atoms with van der Waals surface area (Å²) in [4.78, 5) is 0. The molecule has 0 aliphatic carbocycles. The smallest absolute Gasteiger partial charge is 0.0493 e. The molecule has 2 aromatic carbocycles. The minimum absolute atomic E-state index is 0.819. The summed E-state index contributed by atoms with van der Waals surface area (Å²) in [6.45, 7) is 8.54. The van der Waals surface area contributed by atoms with Gasteiger partial charge in [-0.25, -0.2) is 0 Å². The Bertz CT molecular complexity index is 710. The van der Waals surface area contributed by atoms with E-state index in [1.54, 1.807) is 0 Å². The van der Waals surface area contributed by atoms with Crippen LogP contribution in [0.25, 0.3) is 0 Å². The van der Waals surface area contributed by atoms with Gasteiger partial charge >= 0.3 is 0 Å². The van der Waals surface area contributed by atoms with E-state index in [0.717, 1.165) is 59.6 Å². The fourth-order valence-electron chi connectivity index (χ4n) is 3.38. The van der Waals surface area contributed by atoms with Crippen molar-refractivity contribution in [2.24, 2.45) is 0 Å². The standard InChI is InChI=1S/C21H29ClN2/c1-5-14-9-13(10-15(6-2)20(14)23)11-17-12-16(7-3)21(24)18(8-4)19(17)22/h9-10,12H,5-8,11,23-24H2,1-4H3. The van der Waals surface area contributed by atoms with E-state index in [1.165, 1.54) is 22.3 Å². The number of halogens is 1. The highest BCUT2D eigenvalue weighted by atomic mass is 35.5. The van der Waals surface area contributed by atoms with Crippen molar-refractivity contribution in [1.29, 1.82) is 0 Å². The molecule has 0 aliphatic heterocycles. The first-order valence-electron chi connectivity index (χ1n) is 8.95. The minimum Gasteiger partial charge on any atom is -0.398 e. The molecule has 0 heterocycles. The molecule has 3 heteroatoms. The van der Waals surface area contributed by atoms with E-state index in [-0.39, 0.29) is 0 Å². The molecule has 130 valence electrons. The number of hydrogen-bond donors (Lipinski definition) is 2. The van der Waals surface area contributed by atoms with E-state index in [4.69, 9.17) is 23.1 Å². The first-order chi connectivity index (χ1) is 11.5. The summed E-state index contributed by atoms with van der Waals surface area (Å²) in [6.07, 6.45) is 4.49. The van der Waals surface area contributed by atoms with Crippen molar-refractivity contribution >= 4 is 23.0 Å². The molecule has 0 unspecified atom stereocenters. The lowest BCUT2D eigenvalue weighted by Gasteiger charge is -2.17. The van der Waals surface area contributed by atoms with Crippen molar-refractivity contribution < 1.29 is 0 Å². The number of anilines is 2. The van der Waals surface area contributed by atoms with Crippen molar-refractivity contribution in [3.63, 3.8) is 0 Å². The highest BCUT2D eigenvalue weighted by Gasteiger charge is 2.14. The number of nitrogens with two attached hydrogens (primary N) is 2. The quantitative estimate of drug-likeness (QED) is 0.694. The zero-order valence-corrected chi connectivity index (χ0v) is 16.1.